The first-order valence-corrected chi connectivity index (χ1v) is 5.87. The quantitative estimate of drug-likeness (QED) is 0.855. The van der Waals surface area contributed by atoms with E-state index in [4.69, 9.17) is 5.26 Å². The van der Waals surface area contributed by atoms with Gasteiger partial charge in [0.05, 0.1) is 11.7 Å². The van der Waals surface area contributed by atoms with Crippen molar-refractivity contribution in [3.63, 3.8) is 0 Å². The number of rotatable bonds is 3. The molecule has 0 saturated heterocycles. The lowest BCUT2D eigenvalue weighted by Crippen LogP contribution is -2.37. The van der Waals surface area contributed by atoms with Crippen molar-refractivity contribution in [2.75, 3.05) is 18.5 Å². The van der Waals surface area contributed by atoms with E-state index >= 15 is 0 Å². The highest BCUT2D eigenvalue weighted by Crippen LogP contribution is 2.29. The second kappa shape index (κ2) is 4.72. The number of aromatic nitrogens is 1. The summed E-state index contributed by atoms with van der Waals surface area (Å²) in [5.74, 6) is 1.26. The maximum atomic E-state index is 9.26. The van der Waals surface area contributed by atoms with Gasteiger partial charge >= 0.3 is 0 Å². The molecule has 17 heavy (non-hydrogen) atoms. The zero-order valence-electron chi connectivity index (χ0n) is 10.2. The number of hydrogen-bond donors (Lipinski definition) is 1. The van der Waals surface area contributed by atoms with Gasteiger partial charge in [-0.3, -0.25) is 0 Å². The highest BCUT2D eigenvalue weighted by atomic mass is 16.3. The standard InChI is InChI=1S/C13H17N3O/c1-9-3-4-11(7-14)13(15-9)16(2)8-10-5-12(17)6-10/h3-4,10,12,17H,5-6,8H2,1-2H3. The predicted octanol–water partition coefficient (Wildman–Crippen LogP) is 1.47. The smallest absolute Gasteiger partial charge is 0.146 e. The minimum atomic E-state index is -0.130. The van der Waals surface area contributed by atoms with Crippen LogP contribution in [-0.2, 0) is 0 Å². The Morgan fingerprint density at radius 1 is 1.53 bits per heavy atom. The number of aliphatic hydroxyl groups is 1. The van der Waals surface area contributed by atoms with Gasteiger partial charge in [-0.1, -0.05) is 0 Å². The zero-order chi connectivity index (χ0) is 12.4. The van der Waals surface area contributed by atoms with Crippen LogP contribution in [0, 0.1) is 24.2 Å². The molecule has 0 amide bonds. The van der Waals surface area contributed by atoms with Gasteiger partial charge in [0.15, 0.2) is 0 Å². The van der Waals surface area contributed by atoms with Crippen LogP contribution in [0.4, 0.5) is 5.82 Å². The molecule has 1 aliphatic rings. The molecule has 1 fully saturated rings. The lowest BCUT2D eigenvalue weighted by molar-refractivity contribution is 0.0464. The average molecular weight is 231 g/mol. The fourth-order valence-corrected chi connectivity index (χ4v) is 2.24. The Hall–Kier alpha value is -1.60. The molecular weight excluding hydrogens is 214 g/mol. The SMILES string of the molecule is Cc1ccc(C#N)c(N(C)CC2CC(O)C2)n1. The Labute approximate surface area is 102 Å². The molecule has 1 aromatic heterocycles. The summed E-state index contributed by atoms with van der Waals surface area (Å²) in [6, 6.07) is 5.83. The van der Waals surface area contributed by atoms with Crippen molar-refractivity contribution in [3.8, 4) is 6.07 Å². The van der Waals surface area contributed by atoms with Crippen molar-refractivity contribution in [1.82, 2.24) is 4.98 Å². The molecule has 1 N–H and O–H groups in total. The largest absolute Gasteiger partial charge is 0.393 e. The summed E-state index contributed by atoms with van der Waals surface area (Å²) >= 11 is 0. The zero-order valence-corrected chi connectivity index (χ0v) is 10.2. The van der Waals surface area contributed by atoms with E-state index in [2.05, 4.69) is 11.1 Å². The fourth-order valence-electron chi connectivity index (χ4n) is 2.24. The summed E-state index contributed by atoms with van der Waals surface area (Å²) in [5, 5.41) is 18.3. The van der Waals surface area contributed by atoms with Gasteiger partial charge in [-0.2, -0.15) is 5.26 Å². The fraction of sp³-hybridized carbons (Fsp3) is 0.538. The molecule has 1 aliphatic carbocycles. The van der Waals surface area contributed by atoms with Crippen LogP contribution < -0.4 is 4.90 Å². The highest BCUT2D eigenvalue weighted by Gasteiger charge is 2.28. The van der Waals surface area contributed by atoms with Gasteiger partial charge in [-0.15, -0.1) is 0 Å². The van der Waals surface area contributed by atoms with E-state index < -0.39 is 0 Å². The van der Waals surface area contributed by atoms with E-state index in [1.54, 1.807) is 0 Å². The van der Waals surface area contributed by atoms with Gasteiger partial charge in [-0.25, -0.2) is 4.98 Å². The summed E-state index contributed by atoms with van der Waals surface area (Å²) < 4.78 is 0. The second-order valence-electron chi connectivity index (χ2n) is 4.81. The highest BCUT2D eigenvalue weighted by molar-refractivity contribution is 5.53. The first kappa shape index (κ1) is 11.9. The third-order valence-electron chi connectivity index (χ3n) is 3.24. The van der Waals surface area contributed by atoms with Crippen molar-refractivity contribution in [3.05, 3.63) is 23.4 Å². The van der Waals surface area contributed by atoms with Gasteiger partial charge in [0, 0.05) is 19.3 Å². The lowest BCUT2D eigenvalue weighted by Gasteiger charge is -2.35. The number of anilines is 1. The van der Waals surface area contributed by atoms with E-state index in [0.29, 0.717) is 11.5 Å². The Kier molecular flexibility index (Phi) is 3.30. The summed E-state index contributed by atoms with van der Waals surface area (Å²) in [4.78, 5) is 6.43. The Balaban J connectivity index is 2.10. The molecule has 0 bridgehead atoms. The maximum Gasteiger partial charge on any atom is 0.146 e. The molecule has 90 valence electrons. The van der Waals surface area contributed by atoms with Gasteiger partial charge in [0.2, 0.25) is 0 Å². The molecule has 1 aromatic rings. The Bertz CT molecular complexity index is 446. The molecule has 0 radical (unpaired) electrons. The summed E-state index contributed by atoms with van der Waals surface area (Å²) in [6.07, 6.45) is 1.59. The molecule has 0 atom stereocenters. The van der Waals surface area contributed by atoms with Crippen LogP contribution in [-0.4, -0.2) is 29.8 Å². The molecule has 4 nitrogen and oxygen atoms in total. The van der Waals surface area contributed by atoms with Crippen LogP contribution in [0.5, 0.6) is 0 Å². The van der Waals surface area contributed by atoms with Gasteiger partial charge in [0.1, 0.15) is 11.9 Å². The van der Waals surface area contributed by atoms with E-state index in [9.17, 15) is 5.11 Å². The minimum Gasteiger partial charge on any atom is -0.393 e. The van der Waals surface area contributed by atoms with Crippen molar-refractivity contribution < 1.29 is 5.11 Å². The number of aryl methyl sites for hydroxylation is 1. The molecule has 0 spiro atoms. The van der Waals surface area contributed by atoms with E-state index in [1.165, 1.54) is 0 Å². The van der Waals surface area contributed by atoms with Crippen LogP contribution in [0.2, 0.25) is 0 Å². The lowest BCUT2D eigenvalue weighted by atomic mass is 9.82. The van der Waals surface area contributed by atoms with Gasteiger partial charge in [0.25, 0.3) is 0 Å². The normalized spacial score (nSPS) is 22.7. The van der Waals surface area contributed by atoms with E-state index in [-0.39, 0.29) is 6.10 Å². The number of pyridine rings is 1. The molecule has 1 heterocycles. The second-order valence-corrected chi connectivity index (χ2v) is 4.81. The molecule has 2 rings (SSSR count). The van der Waals surface area contributed by atoms with Crippen LogP contribution in [0.3, 0.4) is 0 Å². The molecule has 1 saturated carbocycles. The third kappa shape index (κ3) is 2.56. The predicted molar refractivity (Wildman–Crippen MR) is 65.7 cm³/mol. The molecule has 4 heteroatoms. The molecular formula is C13H17N3O. The minimum absolute atomic E-state index is 0.130. The van der Waals surface area contributed by atoms with Crippen LogP contribution in [0.15, 0.2) is 12.1 Å². The third-order valence-corrected chi connectivity index (χ3v) is 3.24. The number of hydrogen-bond acceptors (Lipinski definition) is 4. The van der Waals surface area contributed by atoms with E-state index in [1.807, 2.05) is 31.0 Å². The van der Waals surface area contributed by atoms with Crippen LogP contribution in [0.25, 0.3) is 0 Å². The topological polar surface area (TPSA) is 60.2 Å². The molecule has 0 unspecified atom stereocenters. The summed E-state index contributed by atoms with van der Waals surface area (Å²) in [5.41, 5.74) is 1.53. The van der Waals surface area contributed by atoms with Crippen molar-refractivity contribution in [2.45, 2.75) is 25.9 Å². The van der Waals surface area contributed by atoms with Crippen LogP contribution in [0.1, 0.15) is 24.1 Å². The average Bonchev–Trinajstić information content (AvgIpc) is 2.27. The summed E-state index contributed by atoms with van der Waals surface area (Å²) in [7, 11) is 1.95. The monoisotopic (exact) mass is 231 g/mol. The molecule has 0 aliphatic heterocycles. The Morgan fingerprint density at radius 3 is 2.82 bits per heavy atom. The van der Waals surface area contributed by atoms with Crippen molar-refractivity contribution >= 4 is 5.82 Å². The first-order chi connectivity index (χ1) is 8.10. The number of nitrogens with zero attached hydrogens (tertiary/aromatic N) is 3. The Morgan fingerprint density at radius 2 is 2.24 bits per heavy atom. The van der Waals surface area contributed by atoms with Crippen molar-refractivity contribution in [1.29, 1.82) is 5.26 Å². The van der Waals surface area contributed by atoms with Gasteiger partial charge < -0.3 is 10.0 Å². The molecule has 0 aromatic carbocycles. The van der Waals surface area contributed by atoms with Crippen LogP contribution >= 0.6 is 0 Å². The maximum absolute atomic E-state index is 9.26. The summed E-state index contributed by atoms with van der Waals surface area (Å²) in [6.45, 7) is 2.77. The van der Waals surface area contributed by atoms with E-state index in [0.717, 1.165) is 30.9 Å². The first-order valence-electron chi connectivity index (χ1n) is 5.87. The van der Waals surface area contributed by atoms with Crippen molar-refractivity contribution in [2.24, 2.45) is 5.92 Å². The number of nitriles is 1. The number of aliphatic hydroxyl groups excluding tert-OH is 1. The van der Waals surface area contributed by atoms with Gasteiger partial charge in [-0.05, 0) is 37.8 Å².